The van der Waals surface area contributed by atoms with E-state index in [4.69, 9.17) is 9.68 Å². The van der Waals surface area contributed by atoms with Crippen LogP contribution < -0.4 is 0 Å². The first-order valence-corrected chi connectivity index (χ1v) is 4.80. The number of hydrogen-bond acceptors (Lipinski definition) is 4. The van der Waals surface area contributed by atoms with Gasteiger partial charge in [0.05, 0.1) is 25.5 Å². The van der Waals surface area contributed by atoms with E-state index < -0.39 is 0 Å². The smallest absolute Gasteiger partial charge is 0.0939 e. The summed E-state index contributed by atoms with van der Waals surface area (Å²) in [6.07, 6.45) is 1.76. The van der Waals surface area contributed by atoms with Crippen molar-refractivity contribution in [3.8, 4) is 0 Å². The minimum atomic E-state index is 0.544. The molecule has 0 saturated heterocycles. The third kappa shape index (κ3) is 3.83. The van der Waals surface area contributed by atoms with Crippen LogP contribution in [0.3, 0.4) is 0 Å². The van der Waals surface area contributed by atoms with Gasteiger partial charge in [-0.05, 0) is 26.0 Å². The first kappa shape index (κ1) is 11.1. The molecule has 0 unspecified atom stereocenters. The molecule has 4 nitrogen and oxygen atoms in total. The normalized spacial score (nSPS) is 10.8. The predicted molar refractivity (Wildman–Crippen MR) is 53.0 cm³/mol. The lowest BCUT2D eigenvalue weighted by atomic mass is 10.3. The van der Waals surface area contributed by atoms with Crippen molar-refractivity contribution in [1.82, 2.24) is 10.2 Å². The fourth-order valence-corrected chi connectivity index (χ4v) is 1.04. The molecule has 0 amide bonds. The third-order valence-electron chi connectivity index (χ3n) is 1.56. The van der Waals surface area contributed by atoms with Crippen LogP contribution in [0.15, 0.2) is 24.4 Å². The number of hydrogen-bond donors (Lipinski definition) is 0. The summed E-state index contributed by atoms with van der Waals surface area (Å²) in [6.45, 7) is 5.57. The average molecular weight is 196 g/mol. The van der Waals surface area contributed by atoms with Crippen LogP contribution in [0.25, 0.3) is 0 Å². The molecule has 1 aromatic rings. The molecule has 0 aliphatic heterocycles. The number of hydroxylamine groups is 2. The summed E-state index contributed by atoms with van der Waals surface area (Å²) in [5.41, 5.74) is 0.925. The molecule has 1 aromatic heterocycles. The molecule has 0 aromatic carbocycles. The lowest BCUT2D eigenvalue weighted by Crippen LogP contribution is -2.24. The van der Waals surface area contributed by atoms with Gasteiger partial charge < -0.3 is 0 Å². The van der Waals surface area contributed by atoms with Crippen molar-refractivity contribution in [3.05, 3.63) is 30.1 Å². The Bertz CT molecular complexity index is 235. The molecule has 1 rings (SSSR count). The summed E-state index contributed by atoms with van der Waals surface area (Å²) >= 11 is 0. The number of pyridine rings is 1. The van der Waals surface area contributed by atoms with Gasteiger partial charge in [0.25, 0.3) is 0 Å². The lowest BCUT2D eigenvalue weighted by molar-refractivity contribution is -0.372. The molecule has 14 heavy (non-hydrogen) atoms. The average Bonchev–Trinajstić information content (AvgIpc) is 2.20. The standard InChI is InChI=1S/C10H16N2O2/c1-3-13-12(14-4-2)9-10-7-5-6-8-11-10/h5-8H,3-4,9H2,1-2H3. The van der Waals surface area contributed by atoms with E-state index in [1.54, 1.807) is 6.20 Å². The Kier molecular flexibility index (Phi) is 5.14. The Balaban J connectivity index is 2.46. The van der Waals surface area contributed by atoms with Crippen LogP contribution in [-0.2, 0) is 16.2 Å². The third-order valence-corrected chi connectivity index (χ3v) is 1.56. The van der Waals surface area contributed by atoms with Gasteiger partial charge in [0, 0.05) is 6.20 Å². The number of rotatable bonds is 6. The van der Waals surface area contributed by atoms with Gasteiger partial charge in [-0.2, -0.15) is 0 Å². The highest BCUT2D eigenvalue weighted by atomic mass is 16.9. The van der Waals surface area contributed by atoms with E-state index in [1.165, 1.54) is 5.23 Å². The molecule has 1 heterocycles. The van der Waals surface area contributed by atoms with Crippen LogP contribution in [0.5, 0.6) is 0 Å². The SMILES string of the molecule is CCON(Cc1ccccn1)OCC. The van der Waals surface area contributed by atoms with E-state index in [-0.39, 0.29) is 0 Å². The Morgan fingerprint density at radius 1 is 1.21 bits per heavy atom. The van der Waals surface area contributed by atoms with Crippen LogP contribution in [-0.4, -0.2) is 23.4 Å². The van der Waals surface area contributed by atoms with Gasteiger partial charge in [0.15, 0.2) is 0 Å². The van der Waals surface area contributed by atoms with E-state index in [1.807, 2.05) is 32.0 Å². The first-order chi connectivity index (χ1) is 6.86. The maximum atomic E-state index is 5.26. The number of nitrogens with zero attached hydrogens (tertiary/aromatic N) is 2. The van der Waals surface area contributed by atoms with Crippen LogP contribution in [0.2, 0.25) is 0 Å². The molecule has 78 valence electrons. The molecule has 0 aliphatic carbocycles. The maximum absolute atomic E-state index is 5.26. The Hall–Kier alpha value is -0.970. The first-order valence-electron chi connectivity index (χ1n) is 4.80. The second-order valence-electron chi connectivity index (χ2n) is 2.65. The fourth-order valence-electron chi connectivity index (χ4n) is 1.04. The summed E-state index contributed by atoms with van der Waals surface area (Å²) < 4.78 is 0. The topological polar surface area (TPSA) is 34.6 Å². The Morgan fingerprint density at radius 2 is 1.93 bits per heavy atom. The predicted octanol–water partition coefficient (Wildman–Crippen LogP) is 1.79. The minimum Gasteiger partial charge on any atom is -0.274 e. The summed E-state index contributed by atoms with van der Waals surface area (Å²) in [5.74, 6) is 0. The molecule has 0 bridgehead atoms. The van der Waals surface area contributed by atoms with E-state index in [0.717, 1.165) is 5.69 Å². The summed E-state index contributed by atoms with van der Waals surface area (Å²) in [7, 11) is 0. The maximum Gasteiger partial charge on any atom is 0.0939 e. The van der Waals surface area contributed by atoms with Crippen molar-refractivity contribution in [3.63, 3.8) is 0 Å². The summed E-state index contributed by atoms with van der Waals surface area (Å²) in [4.78, 5) is 14.7. The highest BCUT2D eigenvalue weighted by Crippen LogP contribution is 2.02. The van der Waals surface area contributed by atoms with E-state index in [9.17, 15) is 0 Å². The van der Waals surface area contributed by atoms with E-state index in [2.05, 4.69) is 4.98 Å². The molecule has 4 heteroatoms. The minimum absolute atomic E-state index is 0.544. The second-order valence-corrected chi connectivity index (χ2v) is 2.65. The van der Waals surface area contributed by atoms with Crippen molar-refractivity contribution in [1.29, 1.82) is 0 Å². The number of aromatic nitrogens is 1. The molecule has 0 aliphatic rings. The molecule has 0 saturated carbocycles. The molecule has 0 atom stereocenters. The van der Waals surface area contributed by atoms with Crippen LogP contribution in [0.4, 0.5) is 0 Å². The highest BCUT2D eigenvalue weighted by molar-refractivity contribution is 5.02. The van der Waals surface area contributed by atoms with Gasteiger partial charge in [0.1, 0.15) is 0 Å². The van der Waals surface area contributed by atoms with Crippen molar-refractivity contribution < 1.29 is 9.68 Å². The fraction of sp³-hybridized carbons (Fsp3) is 0.500. The van der Waals surface area contributed by atoms with E-state index in [0.29, 0.717) is 19.8 Å². The van der Waals surface area contributed by atoms with Crippen molar-refractivity contribution >= 4 is 0 Å². The summed E-state index contributed by atoms with van der Waals surface area (Å²) in [6, 6.07) is 5.76. The van der Waals surface area contributed by atoms with Crippen LogP contribution in [0.1, 0.15) is 19.5 Å². The van der Waals surface area contributed by atoms with Crippen molar-refractivity contribution in [2.75, 3.05) is 13.2 Å². The largest absolute Gasteiger partial charge is 0.274 e. The second kappa shape index (κ2) is 6.48. The molecular formula is C10H16N2O2. The van der Waals surface area contributed by atoms with Crippen molar-refractivity contribution in [2.24, 2.45) is 0 Å². The summed E-state index contributed by atoms with van der Waals surface area (Å²) in [5, 5.41) is 1.46. The van der Waals surface area contributed by atoms with Crippen LogP contribution in [0, 0.1) is 0 Å². The van der Waals surface area contributed by atoms with E-state index >= 15 is 0 Å². The van der Waals surface area contributed by atoms with Gasteiger partial charge in [-0.3, -0.25) is 14.7 Å². The zero-order valence-electron chi connectivity index (χ0n) is 8.64. The van der Waals surface area contributed by atoms with Gasteiger partial charge in [0.2, 0.25) is 0 Å². The molecule has 0 N–H and O–H groups in total. The van der Waals surface area contributed by atoms with Crippen molar-refractivity contribution in [2.45, 2.75) is 20.4 Å². The molecule has 0 fully saturated rings. The molecule has 0 radical (unpaired) electrons. The monoisotopic (exact) mass is 196 g/mol. The van der Waals surface area contributed by atoms with Gasteiger partial charge >= 0.3 is 0 Å². The van der Waals surface area contributed by atoms with Crippen LogP contribution >= 0.6 is 0 Å². The van der Waals surface area contributed by atoms with Gasteiger partial charge in [-0.25, -0.2) is 0 Å². The lowest BCUT2D eigenvalue weighted by Gasteiger charge is -2.18. The highest BCUT2D eigenvalue weighted by Gasteiger charge is 2.05. The zero-order valence-corrected chi connectivity index (χ0v) is 8.64. The Morgan fingerprint density at radius 3 is 2.43 bits per heavy atom. The Labute approximate surface area is 84.4 Å². The van der Waals surface area contributed by atoms with Gasteiger partial charge in [-0.1, -0.05) is 11.3 Å². The molecular weight excluding hydrogens is 180 g/mol. The quantitative estimate of drug-likeness (QED) is 0.650. The van der Waals surface area contributed by atoms with Gasteiger partial charge in [-0.15, -0.1) is 0 Å². The molecule has 0 spiro atoms. The zero-order chi connectivity index (χ0) is 10.2.